The van der Waals surface area contributed by atoms with Gasteiger partial charge < -0.3 is 4.98 Å². The molecule has 0 aliphatic heterocycles. The van der Waals surface area contributed by atoms with Crippen molar-refractivity contribution in [2.75, 3.05) is 0 Å². The van der Waals surface area contributed by atoms with Gasteiger partial charge in [-0.3, -0.25) is 0 Å². The molecule has 3 nitrogen and oxygen atoms in total. The fourth-order valence-electron chi connectivity index (χ4n) is 2.32. The van der Waals surface area contributed by atoms with Gasteiger partial charge in [0.2, 0.25) is 0 Å². The third kappa shape index (κ3) is 1.21. The van der Waals surface area contributed by atoms with Crippen LogP contribution in [0.25, 0.3) is 27.5 Å². The van der Waals surface area contributed by atoms with Gasteiger partial charge in [-0.1, -0.05) is 42.5 Å². The van der Waals surface area contributed by atoms with Gasteiger partial charge in [-0.2, -0.15) is 5.10 Å². The lowest BCUT2D eigenvalue weighted by atomic mass is 10.2. The number of rotatable bonds is 1. The van der Waals surface area contributed by atoms with Crippen molar-refractivity contribution in [3.8, 4) is 5.82 Å². The molecule has 0 amide bonds. The fraction of sp³-hybridized carbons (Fsp3) is 0. The second-order valence-electron chi connectivity index (χ2n) is 4.27. The van der Waals surface area contributed by atoms with Crippen LogP contribution in [-0.4, -0.2) is 14.8 Å². The molecule has 0 aliphatic carbocycles. The number of aromatic nitrogens is 3. The third-order valence-electron chi connectivity index (χ3n) is 3.19. The predicted molar refractivity (Wildman–Crippen MR) is 71.8 cm³/mol. The van der Waals surface area contributed by atoms with Gasteiger partial charge in [0.15, 0.2) is 0 Å². The molecule has 0 spiro atoms. The summed E-state index contributed by atoms with van der Waals surface area (Å²) in [6.45, 7) is 0. The molecule has 4 aromatic rings. The van der Waals surface area contributed by atoms with Crippen LogP contribution in [0.5, 0.6) is 0 Å². The molecule has 0 aliphatic rings. The summed E-state index contributed by atoms with van der Waals surface area (Å²) < 4.78 is 1.90. The van der Waals surface area contributed by atoms with E-state index in [1.165, 1.54) is 10.8 Å². The van der Waals surface area contributed by atoms with E-state index in [9.17, 15) is 0 Å². The smallest absolute Gasteiger partial charge is 0.140 e. The highest BCUT2D eigenvalue weighted by molar-refractivity contribution is 5.91. The Balaban J connectivity index is 2.08. The summed E-state index contributed by atoms with van der Waals surface area (Å²) in [5, 5.41) is 7.73. The summed E-state index contributed by atoms with van der Waals surface area (Å²) >= 11 is 0. The van der Waals surface area contributed by atoms with Crippen molar-refractivity contribution in [1.29, 1.82) is 0 Å². The van der Waals surface area contributed by atoms with E-state index in [0.717, 1.165) is 16.7 Å². The molecule has 18 heavy (non-hydrogen) atoms. The highest BCUT2D eigenvalue weighted by Gasteiger charge is 2.09. The summed E-state index contributed by atoms with van der Waals surface area (Å²) in [6.07, 6.45) is 5.04. The minimum absolute atomic E-state index is 0.989. The number of nitrogens with zero attached hydrogens (tertiary/aromatic N) is 2. The van der Waals surface area contributed by atoms with Gasteiger partial charge in [-0.15, -0.1) is 0 Å². The lowest BCUT2D eigenvalue weighted by molar-refractivity contribution is 0.886. The summed E-state index contributed by atoms with van der Waals surface area (Å²) in [4.78, 5) is 3.29. The van der Waals surface area contributed by atoms with Crippen LogP contribution in [0.2, 0.25) is 0 Å². The maximum atomic E-state index is 4.35. The van der Waals surface area contributed by atoms with E-state index >= 15 is 0 Å². The molecule has 4 rings (SSSR count). The predicted octanol–water partition coefficient (Wildman–Crippen LogP) is 3.31. The van der Waals surface area contributed by atoms with Crippen molar-refractivity contribution in [3.63, 3.8) is 0 Å². The summed E-state index contributed by atoms with van der Waals surface area (Å²) in [5.41, 5.74) is 1.06. The normalized spacial score (nSPS) is 11.3. The Morgan fingerprint density at radius 1 is 1.00 bits per heavy atom. The van der Waals surface area contributed by atoms with Crippen LogP contribution in [0, 0.1) is 6.20 Å². The number of nitrogens with one attached hydrogen (secondary N) is 1. The Bertz CT molecular complexity index is 767. The van der Waals surface area contributed by atoms with Crippen molar-refractivity contribution >= 4 is 21.7 Å². The van der Waals surface area contributed by atoms with Crippen LogP contribution >= 0.6 is 0 Å². The van der Waals surface area contributed by atoms with Crippen molar-refractivity contribution in [2.24, 2.45) is 0 Å². The van der Waals surface area contributed by atoms with E-state index in [4.69, 9.17) is 0 Å². The first kappa shape index (κ1) is 9.48. The van der Waals surface area contributed by atoms with Gasteiger partial charge in [0.05, 0.1) is 5.52 Å². The largest absolute Gasteiger partial charge is 0.345 e. The molecule has 3 heteroatoms. The Labute approximate surface area is 104 Å². The number of hydrogen-bond donors (Lipinski definition) is 1. The van der Waals surface area contributed by atoms with Crippen molar-refractivity contribution in [1.82, 2.24) is 14.8 Å². The van der Waals surface area contributed by atoms with Gasteiger partial charge in [0.1, 0.15) is 12.0 Å². The topological polar surface area (TPSA) is 33.6 Å². The summed E-state index contributed by atoms with van der Waals surface area (Å²) in [5.74, 6) is 0.989. The lowest BCUT2D eigenvalue weighted by Crippen LogP contribution is -1.96. The number of aromatic amines is 1. The zero-order valence-corrected chi connectivity index (χ0v) is 9.59. The first-order valence-electron chi connectivity index (χ1n) is 5.85. The molecule has 1 N–H and O–H groups in total. The van der Waals surface area contributed by atoms with Crippen molar-refractivity contribution < 1.29 is 0 Å². The fourth-order valence-corrected chi connectivity index (χ4v) is 2.32. The van der Waals surface area contributed by atoms with E-state index in [-0.39, 0.29) is 0 Å². The van der Waals surface area contributed by atoms with Crippen LogP contribution in [0.1, 0.15) is 0 Å². The lowest BCUT2D eigenvalue weighted by Gasteiger charge is -2.01. The van der Waals surface area contributed by atoms with E-state index in [0.29, 0.717) is 0 Å². The number of benzene rings is 2. The molecule has 0 saturated heterocycles. The molecule has 0 bridgehead atoms. The van der Waals surface area contributed by atoms with E-state index in [1.54, 1.807) is 0 Å². The second-order valence-corrected chi connectivity index (χ2v) is 4.27. The number of hydrogen-bond acceptors (Lipinski definition) is 1. The van der Waals surface area contributed by atoms with Crippen LogP contribution < -0.4 is 0 Å². The van der Waals surface area contributed by atoms with Crippen LogP contribution in [0.3, 0.4) is 0 Å². The molecule has 0 fully saturated rings. The molecule has 2 aromatic heterocycles. The Hall–Kier alpha value is -2.55. The monoisotopic (exact) mass is 232 g/mol. The molecule has 2 heterocycles. The molecule has 85 valence electrons. The van der Waals surface area contributed by atoms with Gasteiger partial charge in [0.25, 0.3) is 0 Å². The first-order valence-corrected chi connectivity index (χ1v) is 5.85. The maximum absolute atomic E-state index is 4.35. The summed E-state index contributed by atoms with van der Waals surface area (Å²) in [6, 6.07) is 16.3. The van der Waals surface area contributed by atoms with Crippen molar-refractivity contribution in [2.45, 2.75) is 0 Å². The Kier molecular flexibility index (Phi) is 1.83. The second kappa shape index (κ2) is 3.47. The molecular formula is C15H10N3. The zero-order chi connectivity index (χ0) is 11.9. The molecule has 0 unspecified atom stereocenters. The minimum Gasteiger partial charge on any atom is -0.345 e. The maximum Gasteiger partial charge on any atom is 0.140 e. The number of fused-ring (bicyclic) bond motifs is 2. The van der Waals surface area contributed by atoms with Crippen LogP contribution in [-0.2, 0) is 0 Å². The highest BCUT2D eigenvalue weighted by Crippen LogP contribution is 2.24. The van der Waals surface area contributed by atoms with Crippen LogP contribution in [0.15, 0.2) is 54.7 Å². The highest BCUT2D eigenvalue weighted by atomic mass is 15.3. The number of H-pyrrole nitrogens is 1. The molecule has 0 atom stereocenters. The van der Waals surface area contributed by atoms with Gasteiger partial charge in [-0.25, -0.2) is 4.68 Å². The van der Waals surface area contributed by atoms with Gasteiger partial charge in [-0.05, 0) is 6.07 Å². The first-order chi connectivity index (χ1) is 8.93. The molecule has 1 radical (unpaired) electrons. The third-order valence-corrected chi connectivity index (χ3v) is 3.19. The van der Waals surface area contributed by atoms with E-state index in [1.807, 2.05) is 41.2 Å². The Morgan fingerprint density at radius 3 is 2.83 bits per heavy atom. The van der Waals surface area contributed by atoms with E-state index in [2.05, 4.69) is 34.5 Å². The standard InChI is InChI=1S/C15H10N3/c1-3-7-13-11(5-1)9-16-15(13)18-14-8-4-2-6-12(14)10-17-18/h1-9,16H. The number of para-hydroxylation sites is 1. The average molecular weight is 232 g/mol. The van der Waals surface area contributed by atoms with Gasteiger partial charge in [0, 0.05) is 22.4 Å². The van der Waals surface area contributed by atoms with Gasteiger partial charge >= 0.3 is 0 Å². The average Bonchev–Trinajstić information content (AvgIpc) is 3.01. The molecule has 2 aromatic carbocycles. The Morgan fingerprint density at radius 2 is 1.83 bits per heavy atom. The minimum atomic E-state index is 0.989. The van der Waals surface area contributed by atoms with E-state index < -0.39 is 0 Å². The zero-order valence-electron chi connectivity index (χ0n) is 9.59. The van der Waals surface area contributed by atoms with Crippen LogP contribution in [0.4, 0.5) is 0 Å². The summed E-state index contributed by atoms with van der Waals surface area (Å²) in [7, 11) is 0. The molecule has 0 saturated carbocycles. The molecular weight excluding hydrogens is 222 g/mol. The quantitative estimate of drug-likeness (QED) is 0.536. The SMILES string of the molecule is [c]1nn(-c2[nH]cc3ccccc23)c2ccccc12. The van der Waals surface area contributed by atoms with Crippen molar-refractivity contribution in [3.05, 3.63) is 60.9 Å².